The lowest BCUT2D eigenvalue weighted by atomic mass is 9.80. The second kappa shape index (κ2) is 8.51. The number of carbonyl (C=O) groups is 2. The van der Waals surface area contributed by atoms with E-state index in [4.69, 9.17) is 0 Å². The smallest absolute Gasteiger partial charge is 0.340 e. The second-order valence-corrected chi connectivity index (χ2v) is 7.74. The van der Waals surface area contributed by atoms with E-state index in [0.29, 0.717) is 31.4 Å². The minimum atomic E-state index is -4.39. The highest BCUT2D eigenvalue weighted by molar-refractivity contribution is 5.92. The third-order valence-corrected chi connectivity index (χ3v) is 5.74. The average molecular weight is 397 g/mol. The van der Waals surface area contributed by atoms with Gasteiger partial charge in [0.25, 0.3) is 0 Å². The van der Waals surface area contributed by atoms with Gasteiger partial charge >= 0.3 is 6.18 Å². The van der Waals surface area contributed by atoms with Gasteiger partial charge in [-0.1, -0.05) is 0 Å². The zero-order valence-corrected chi connectivity index (χ0v) is 16.0. The molecule has 8 heteroatoms. The number of halogens is 3. The number of piperazine rings is 1. The number of nitrogens with zero attached hydrogens (tertiary/aromatic N) is 2. The lowest BCUT2D eigenvalue weighted by Gasteiger charge is -2.36. The zero-order chi connectivity index (χ0) is 20.3. The molecule has 1 aliphatic carbocycles. The van der Waals surface area contributed by atoms with E-state index in [1.807, 2.05) is 11.9 Å². The minimum absolute atomic E-state index is 0.0291. The van der Waals surface area contributed by atoms with Gasteiger partial charge in [0.2, 0.25) is 11.8 Å². The monoisotopic (exact) mass is 397 g/mol. The Morgan fingerprint density at radius 2 is 1.46 bits per heavy atom. The Hall–Kier alpha value is -2.09. The van der Waals surface area contributed by atoms with Crippen LogP contribution in [0.3, 0.4) is 0 Å². The maximum atomic E-state index is 12.7. The van der Waals surface area contributed by atoms with E-state index in [1.54, 1.807) is 0 Å². The number of likely N-dealkylation sites (N-methyl/N-ethyl adjacent to an activating group) is 1. The Morgan fingerprint density at radius 1 is 0.929 bits per heavy atom. The number of anilines is 1. The Kier molecular flexibility index (Phi) is 6.27. The van der Waals surface area contributed by atoms with Crippen molar-refractivity contribution < 1.29 is 22.8 Å². The van der Waals surface area contributed by atoms with Gasteiger partial charge in [0.05, 0.1) is 5.56 Å². The maximum Gasteiger partial charge on any atom is 0.416 e. The lowest BCUT2D eigenvalue weighted by molar-refractivity contribution is -0.139. The van der Waals surface area contributed by atoms with Crippen LogP contribution in [0.2, 0.25) is 0 Å². The average Bonchev–Trinajstić information content (AvgIpc) is 2.68. The highest BCUT2D eigenvalue weighted by Crippen LogP contribution is 2.32. The summed E-state index contributed by atoms with van der Waals surface area (Å²) in [5, 5.41) is 2.70. The largest absolute Gasteiger partial charge is 0.416 e. The Bertz CT molecular complexity index is 690. The van der Waals surface area contributed by atoms with E-state index in [9.17, 15) is 22.8 Å². The van der Waals surface area contributed by atoms with Crippen molar-refractivity contribution in [3.05, 3.63) is 29.8 Å². The summed E-state index contributed by atoms with van der Waals surface area (Å²) in [7, 11) is 2.04. The van der Waals surface area contributed by atoms with Crippen LogP contribution in [0.25, 0.3) is 0 Å². The van der Waals surface area contributed by atoms with Crippen molar-refractivity contribution in [1.82, 2.24) is 9.80 Å². The summed E-state index contributed by atoms with van der Waals surface area (Å²) in [6, 6.07) is 4.45. The number of nitrogens with one attached hydrogen (secondary N) is 1. The summed E-state index contributed by atoms with van der Waals surface area (Å²) >= 11 is 0. The van der Waals surface area contributed by atoms with Crippen LogP contribution >= 0.6 is 0 Å². The van der Waals surface area contributed by atoms with Crippen molar-refractivity contribution >= 4 is 17.5 Å². The van der Waals surface area contributed by atoms with E-state index in [-0.39, 0.29) is 23.7 Å². The van der Waals surface area contributed by atoms with Crippen LogP contribution < -0.4 is 5.32 Å². The minimum Gasteiger partial charge on any atom is -0.340 e. The predicted octanol–water partition coefficient (Wildman–Crippen LogP) is 3.22. The molecule has 28 heavy (non-hydrogen) atoms. The Morgan fingerprint density at radius 3 is 2.00 bits per heavy atom. The molecule has 1 saturated heterocycles. The molecule has 154 valence electrons. The molecule has 1 aromatic carbocycles. The van der Waals surface area contributed by atoms with E-state index in [1.165, 1.54) is 12.1 Å². The summed E-state index contributed by atoms with van der Waals surface area (Å²) in [6.07, 6.45) is -1.79. The molecule has 1 saturated carbocycles. The third kappa shape index (κ3) is 5.04. The summed E-state index contributed by atoms with van der Waals surface area (Å²) < 4.78 is 37.8. The van der Waals surface area contributed by atoms with Crippen LogP contribution in [0.4, 0.5) is 18.9 Å². The number of rotatable bonds is 3. The van der Waals surface area contributed by atoms with Gasteiger partial charge in [-0.15, -0.1) is 0 Å². The number of carbonyl (C=O) groups excluding carboxylic acids is 2. The summed E-state index contributed by atoms with van der Waals surface area (Å²) in [6.45, 7) is 3.28. The Balaban J connectivity index is 1.48. The first-order valence-electron chi connectivity index (χ1n) is 9.69. The molecular formula is C20H26F3N3O2. The summed E-state index contributed by atoms with van der Waals surface area (Å²) in [5.74, 6) is -0.239. The summed E-state index contributed by atoms with van der Waals surface area (Å²) in [4.78, 5) is 29.2. The number of amides is 2. The molecule has 0 unspecified atom stereocenters. The number of alkyl halides is 3. The number of hydrogen-bond acceptors (Lipinski definition) is 3. The number of benzene rings is 1. The van der Waals surface area contributed by atoms with E-state index >= 15 is 0 Å². The maximum absolute atomic E-state index is 12.7. The van der Waals surface area contributed by atoms with Gasteiger partial charge in [-0.05, 0) is 57.0 Å². The lowest BCUT2D eigenvalue weighted by Crippen LogP contribution is -2.49. The van der Waals surface area contributed by atoms with Crippen molar-refractivity contribution in [2.75, 3.05) is 38.5 Å². The second-order valence-electron chi connectivity index (χ2n) is 7.74. The van der Waals surface area contributed by atoms with Crippen molar-refractivity contribution in [1.29, 1.82) is 0 Å². The van der Waals surface area contributed by atoms with E-state index in [0.717, 1.165) is 38.3 Å². The van der Waals surface area contributed by atoms with Gasteiger partial charge in [-0.2, -0.15) is 13.2 Å². The van der Waals surface area contributed by atoms with Crippen LogP contribution in [0.1, 0.15) is 31.2 Å². The van der Waals surface area contributed by atoms with Crippen LogP contribution in [-0.2, 0) is 15.8 Å². The molecule has 1 aromatic rings. The van der Waals surface area contributed by atoms with E-state index in [2.05, 4.69) is 10.2 Å². The molecule has 0 radical (unpaired) electrons. The van der Waals surface area contributed by atoms with Gasteiger partial charge in [0, 0.05) is 43.7 Å². The topological polar surface area (TPSA) is 52.7 Å². The fourth-order valence-electron chi connectivity index (χ4n) is 3.87. The predicted molar refractivity (Wildman–Crippen MR) is 99.6 cm³/mol. The van der Waals surface area contributed by atoms with Crippen molar-refractivity contribution in [2.24, 2.45) is 11.8 Å². The van der Waals surface area contributed by atoms with Crippen molar-refractivity contribution in [3.63, 3.8) is 0 Å². The first-order chi connectivity index (χ1) is 13.2. The molecule has 0 spiro atoms. The molecule has 5 nitrogen and oxygen atoms in total. The molecule has 2 aliphatic rings. The van der Waals surface area contributed by atoms with Crippen LogP contribution in [0, 0.1) is 11.8 Å². The third-order valence-electron chi connectivity index (χ3n) is 5.74. The highest BCUT2D eigenvalue weighted by atomic mass is 19.4. The number of hydrogen-bond donors (Lipinski definition) is 1. The molecule has 2 amide bonds. The highest BCUT2D eigenvalue weighted by Gasteiger charge is 2.33. The van der Waals surface area contributed by atoms with Crippen LogP contribution in [-0.4, -0.2) is 54.8 Å². The molecule has 3 rings (SSSR count). The SMILES string of the molecule is CN1CCN(C(=O)C2CCC(C(=O)Nc3ccc(C(F)(F)F)cc3)CC2)CC1. The van der Waals surface area contributed by atoms with Gasteiger partial charge in [0.1, 0.15) is 0 Å². The molecule has 2 fully saturated rings. The zero-order valence-electron chi connectivity index (χ0n) is 16.0. The van der Waals surface area contributed by atoms with Gasteiger partial charge in [0.15, 0.2) is 0 Å². The molecule has 0 atom stereocenters. The Labute approximate surface area is 162 Å². The molecule has 0 bridgehead atoms. The van der Waals surface area contributed by atoms with Crippen LogP contribution in [0.15, 0.2) is 24.3 Å². The van der Waals surface area contributed by atoms with Crippen molar-refractivity contribution in [2.45, 2.75) is 31.9 Å². The standard InChI is InChI=1S/C20H26F3N3O2/c1-25-10-12-26(13-11-25)19(28)15-4-2-14(3-5-15)18(27)24-17-8-6-16(7-9-17)20(21,22)23/h6-9,14-15H,2-5,10-13H2,1H3,(H,24,27). The van der Waals surface area contributed by atoms with Gasteiger partial charge in [-0.3, -0.25) is 9.59 Å². The molecule has 1 aliphatic heterocycles. The molecule has 1 heterocycles. The van der Waals surface area contributed by atoms with Gasteiger partial charge < -0.3 is 15.1 Å². The fourth-order valence-corrected chi connectivity index (χ4v) is 3.87. The molecule has 0 aromatic heterocycles. The van der Waals surface area contributed by atoms with Crippen molar-refractivity contribution in [3.8, 4) is 0 Å². The normalized spacial score (nSPS) is 24.1. The fraction of sp³-hybridized carbons (Fsp3) is 0.600. The molecule has 1 N–H and O–H groups in total. The van der Waals surface area contributed by atoms with E-state index < -0.39 is 11.7 Å². The van der Waals surface area contributed by atoms with Crippen LogP contribution in [0.5, 0.6) is 0 Å². The molecular weight excluding hydrogens is 371 g/mol. The quantitative estimate of drug-likeness (QED) is 0.852. The first-order valence-corrected chi connectivity index (χ1v) is 9.69. The first kappa shape index (κ1) is 20.6. The van der Waals surface area contributed by atoms with Gasteiger partial charge in [-0.25, -0.2) is 0 Å². The summed E-state index contributed by atoms with van der Waals surface area (Å²) in [5.41, 5.74) is -0.387.